The number of hydrogen-bond acceptors (Lipinski definition) is 4. The monoisotopic (exact) mass is 750 g/mol. The molecule has 0 aliphatic rings. The molecule has 0 radical (unpaired) electrons. The minimum absolute atomic E-state index is 0.0394. The largest absolute Gasteiger partial charge is 0.394 e. The van der Waals surface area contributed by atoms with Crippen molar-refractivity contribution in [2.45, 2.75) is 283 Å². The molecule has 0 aliphatic heterocycles. The van der Waals surface area contributed by atoms with Crippen molar-refractivity contribution in [3.8, 4) is 0 Å². The van der Waals surface area contributed by atoms with E-state index in [1.807, 2.05) is 0 Å². The Balaban J connectivity index is 3.48. The Labute approximate surface area is 331 Å². The number of aliphatic hydroxyl groups is 3. The standard InChI is InChI=1S/C48H95NO4/c1-3-5-7-9-11-13-15-16-17-18-19-20-21-22-23-24-25-26-27-28-29-30-31-32-33-35-37-39-41-45(51)43-48(53)49-46(44-50)47(52)42-40-38-36-34-14-12-10-8-6-4-2/h22-23,45-47,50-52H,3-21,24-44H2,1-2H3,(H,49,53)/b23-22-. The third kappa shape index (κ3) is 40.6. The average molecular weight is 750 g/mol. The van der Waals surface area contributed by atoms with Gasteiger partial charge < -0.3 is 20.6 Å². The smallest absolute Gasteiger partial charge is 0.222 e. The van der Waals surface area contributed by atoms with Crippen LogP contribution in [0.1, 0.15) is 264 Å². The summed E-state index contributed by atoms with van der Waals surface area (Å²) in [6.07, 6.45) is 52.1. The van der Waals surface area contributed by atoms with Gasteiger partial charge in [0.2, 0.25) is 5.91 Å². The summed E-state index contributed by atoms with van der Waals surface area (Å²) in [5, 5.41) is 33.3. The van der Waals surface area contributed by atoms with Crippen LogP contribution in [0.25, 0.3) is 0 Å². The van der Waals surface area contributed by atoms with Gasteiger partial charge in [-0.1, -0.05) is 231 Å². The summed E-state index contributed by atoms with van der Waals surface area (Å²) in [5.74, 6) is -0.282. The zero-order chi connectivity index (χ0) is 38.7. The maximum Gasteiger partial charge on any atom is 0.222 e. The molecule has 0 rings (SSSR count). The van der Waals surface area contributed by atoms with Crippen LogP contribution in [0.5, 0.6) is 0 Å². The van der Waals surface area contributed by atoms with E-state index < -0.39 is 18.2 Å². The second kappa shape index (κ2) is 43.8. The average Bonchev–Trinajstić information content (AvgIpc) is 3.15. The second-order valence-electron chi connectivity index (χ2n) is 16.7. The number of rotatable bonds is 44. The molecule has 0 fully saturated rings. The zero-order valence-electron chi connectivity index (χ0n) is 35.9. The van der Waals surface area contributed by atoms with Gasteiger partial charge in [0.25, 0.3) is 0 Å². The minimum atomic E-state index is -0.744. The summed E-state index contributed by atoms with van der Waals surface area (Å²) in [7, 11) is 0. The van der Waals surface area contributed by atoms with Crippen LogP contribution in [-0.4, -0.2) is 46.1 Å². The molecule has 53 heavy (non-hydrogen) atoms. The predicted octanol–water partition coefficient (Wildman–Crippen LogP) is 14.0. The lowest BCUT2D eigenvalue weighted by Crippen LogP contribution is -2.46. The number of aliphatic hydroxyl groups excluding tert-OH is 3. The lowest BCUT2D eigenvalue weighted by atomic mass is 10.0. The summed E-state index contributed by atoms with van der Waals surface area (Å²) < 4.78 is 0. The quantitative estimate of drug-likeness (QED) is 0.0369. The van der Waals surface area contributed by atoms with Gasteiger partial charge in [0, 0.05) is 0 Å². The van der Waals surface area contributed by atoms with E-state index in [1.54, 1.807) is 0 Å². The van der Waals surface area contributed by atoms with Gasteiger partial charge >= 0.3 is 0 Å². The fourth-order valence-electron chi connectivity index (χ4n) is 7.64. The molecule has 3 atom stereocenters. The molecule has 0 aliphatic carbocycles. The molecule has 0 aromatic heterocycles. The van der Waals surface area contributed by atoms with Crippen molar-refractivity contribution < 1.29 is 20.1 Å². The van der Waals surface area contributed by atoms with Gasteiger partial charge in [0.15, 0.2) is 0 Å². The molecule has 316 valence electrons. The highest BCUT2D eigenvalue weighted by Gasteiger charge is 2.21. The van der Waals surface area contributed by atoms with Crippen molar-refractivity contribution in [1.29, 1.82) is 0 Å². The molecule has 0 heterocycles. The van der Waals surface area contributed by atoms with Crippen LogP contribution in [0.15, 0.2) is 12.2 Å². The molecule has 0 saturated carbocycles. The molecule has 0 aromatic carbocycles. The highest BCUT2D eigenvalue weighted by atomic mass is 16.3. The Morgan fingerprint density at radius 2 is 0.755 bits per heavy atom. The van der Waals surface area contributed by atoms with Crippen molar-refractivity contribution in [2.24, 2.45) is 0 Å². The van der Waals surface area contributed by atoms with Crippen molar-refractivity contribution in [1.82, 2.24) is 5.32 Å². The molecule has 4 N–H and O–H groups in total. The van der Waals surface area contributed by atoms with Gasteiger partial charge in [-0.25, -0.2) is 0 Å². The number of carbonyl (C=O) groups is 1. The van der Waals surface area contributed by atoms with E-state index in [0.29, 0.717) is 12.8 Å². The van der Waals surface area contributed by atoms with Crippen LogP contribution >= 0.6 is 0 Å². The van der Waals surface area contributed by atoms with Crippen LogP contribution in [0.4, 0.5) is 0 Å². The van der Waals surface area contributed by atoms with Gasteiger partial charge in [0.1, 0.15) is 0 Å². The highest BCUT2D eigenvalue weighted by Crippen LogP contribution is 2.17. The fourth-order valence-corrected chi connectivity index (χ4v) is 7.64. The van der Waals surface area contributed by atoms with Gasteiger partial charge in [0.05, 0.1) is 31.3 Å². The lowest BCUT2D eigenvalue weighted by molar-refractivity contribution is -0.125. The summed E-state index contributed by atoms with van der Waals surface area (Å²) in [4.78, 5) is 12.4. The van der Waals surface area contributed by atoms with Crippen molar-refractivity contribution in [3.63, 3.8) is 0 Å². The normalized spacial score (nSPS) is 13.5. The SMILES string of the molecule is CCCCCCCCCCCCCC/C=C\CCCCCCCCCCCCCCC(O)CC(=O)NC(CO)C(O)CCCCCCCCCCCC. The van der Waals surface area contributed by atoms with E-state index in [0.717, 1.165) is 25.7 Å². The molecule has 5 heteroatoms. The van der Waals surface area contributed by atoms with Crippen molar-refractivity contribution >= 4 is 5.91 Å². The molecule has 0 aromatic rings. The Morgan fingerprint density at radius 3 is 1.09 bits per heavy atom. The summed E-state index contributed by atoms with van der Waals surface area (Å²) in [5.41, 5.74) is 0. The lowest BCUT2D eigenvalue weighted by Gasteiger charge is -2.23. The van der Waals surface area contributed by atoms with Crippen LogP contribution in [0.3, 0.4) is 0 Å². The number of unbranched alkanes of at least 4 members (excludes halogenated alkanes) is 33. The summed E-state index contributed by atoms with van der Waals surface area (Å²) in [6, 6.07) is -0.653. The number of allylic oxidation sites excluding steroid dienone is 2. The number of nitrogens with one attached hydrogen (secondary N) is 1. The Bertz CT molecular complexity index is 743. The zero-order valence-corrected chi connectivity index (χ0v) is 35.9. The molecule has 1 amide bonds. The second-order valence-corrected chi connectivity index (χ2v) is 16.7. The first kappa shape index (κ1) is 52.1. The topological polar surface area (TPSA) is 89.8 Å². The first-order valence-corrected chi connectivity index (χ1v) is 24.0. The van der Waals surface area contributed by atoms with Gasteiger partial charge in [-0.05, 0) is 38.5 Å². The maximum absolute atomic E-state index is 12.4. The number of carbonyl (C=O) groups excluding carboxylic acids is 1. The number of amides is 1. The van der Waals surface area contributed by atoms with Crippen LogP contribution in [-0.2, 0) is 4.79 Å². The minimum Gasteiger partial charge on any atom is -0.394 e. The Hall–Kier alpha value is -0.910. The maximum atomic E-state index is 12.4. The Morgan fingerprint density at radius 1 is 0.453 bits per heavy atom. The third-order valence-corrected chi connectivity index (χ3v) is 11.3. The molecular formula is C48H95NO4. The molecule has 0 saturated heterocycles. The third-order valence-electron chi connectivity index (χ3n) is 11.3. The van der Waals surface area contributed by atoms with Crippen LogP contribution in [0, 0.1) is 0 Å². The van der Waals surface area contributed by atoms with E-state index in [1.165, 1.54) is 205 Å². The van der Waals surface area contributed by atoms with E-state index in [2.05, 4.69) is 31.3 Å². The van der Waals surface area contributed by atoms with E-state index in [9.17, 15) is 20.1 Å². The molecular weight excluding hydrogens is 655 g/mol. The molecule has 0 spiro atoms. The van der Waals surface area contributed by atoms with E-state index in [-0.39, 0.29) is 18.9 Å². The highest BCUT2D eigenvalue weighted by molar-refractivity contribution is 5.76. The first-order chi connectivity index (χ1) is 26.0. The van der Waals surface area contributed by atoms with Gasteiger partial charge in [-0.15, -0.1) is 0 Å². The van der Waals surface area contributed by atoms with Gasteiger partial charge in [-0.2, -0.15) is 0 Å². The van der Waals surface area contributed by atoms with Crippen molar-refractivity contribution in [3.05, 3.63) is 12.2 Å². The van der Waals surface area contributed by atoms with E-state index >= 15 is 0 Å². The first-order valence-electron chi connectivity index (χ1n) is 24.0. The van der Waals surface area contributed by atoms with Gasteiger partial charge in [-0.3, -0.25) is 4.79 Å². The molecule has 5 nitrogen and oxygen atoms in total. The summed E-state index contributed by atoms with van der Waals surface area (Å²) in [6.45, 7) is 4.26. The summed E-state index contributed by atoms with van der Waals surface area (Å²) >= 11 is 0. The molecule has 0 bridgehead atoms. The van der Waals surface area contributed by atoms with Crippen LogP contribution < -0.4 is 5.32 Å². The van der Waals surface area contributed by atoms with Crippen LogP contribution in [0.2, 0.25) is 0 Å². The Kier molecular flexibility index (Phi) is 43.1. The molecule has 3 unspecified atom stereocenters. The predicted molar refractivity (Wildman–Crippen MR) is 232 cm³/mol. The number of hydrogen-bond donors (Lipinski definition) is 4. The van der Waals surface area contributed by atoms with Crippen molar-refractivity contribution in [2.75, 3.05) is 6.61 Å². The van der Waals surface area contributed by atoms with E-state index in [4.69, 9.17) is 0 Å². The fraction of sp³-hybridized carbons (Fsp3) is 0.938.